The predicted octanol–water partition coefficient (Wildman–Crippen LogP) is 3.32. The van der Waals surface area contributed by atoms with Gasteiger partial charge in [0.25, 0.3) is 5.91 Å². The second-order valence-corrected chi connectivity index (χ2v) is 9.97. The van der Waals surface area contributed by atoms with Crippen molar-refractivity contribution >= 4 is 43.5 Å². The van der Waals surface area contributed by atoms with Gasteiger partial charge >= 0.3 is 5.97 Å². The van der Waals surface area contributed by atoms with Crippen molar-refractivity contribution in [1.29, 1.82) is 0 Å². The number of primary sulfonamides is 1. The average Bonchev–Trinajstić information content (AvgIpc) is 3.18. The molecule has 0 fully saturated rings. The molecule has 1 aromatic heterocycles. The van der Waals surface area contributed by atoms with Crippen LogP contribution in [0.1, 0.15) is 16.8 Å². The number of benzene rings is 3. The number of fused-ring (bicyclic) bond motifs is 1. The molecule has 0 aliphatic carbocycles. The summed E-state index contributed by atoms with van der Waals surface area (Å²) in [6, 6.07) is 21.3. The number of nitrogens with zero attached hydrogens (tertiary/aromatic N) is 2. The van der Waals surface area contributed by atoms with Gasteiger partial charge in [-0.15, -0.1) is 0 Å². The van der Waals surface area contributed by atoms with Crippen molar-refractivity contribution in [2.24, 2.45) is 10.1 Å². The van der Waals surface area contributed by atoms with E-state index in [2.05, 4.69) is 4.99 Å². The molecule has 10 heteroatoms. The molecule has 0 radical (unpaired) electrons. The summed E-state index contributed by atoms with van der Waals surface area (Å²) in [5.74, 6) is -0.869. The van der Waals surface area contributed by atoms with Crippen molar-refractivity contribution in [3.63, 3.8) is 0 Å². The van der Waals surface area contributed by atoms with Gasteiger partial charge in [-0.2, -0.15) is 4.99 Å². The molecule has 0 saturated heterocycles. The SMILES string of the molecule is COC(=O)CCn1c(=NC(=O)c2ccc(-c3ccccc3)cc2)sc2cc(S(N)(=O)=O)ccc21. The number of sulfonamides is 1. The molecule has 0 spiro atoms. The van der Waals surface area contributed by atoms with Gasteiger partial charge in [0.15, 0.2) is 4.80 Å². The molecule has 0 atom stereocenters. The lowest BCUT2D eigenvalue weighted by Crippen LogP contribution is -2.19. The van der Waals surface area contributed by atoms with Gasteiger partial charge in [-0.3, -0.25) is 9.59 Å². The van der Waals surface area contributed by atoms with Crippen molar-refractivity contribution in [2.45, 2.75) is 17.9 Å². The largest absolute Gasteiger partial charge is 0.469 e. The van der Waals surface area contributed by atoms with Crippen LogP contribution in [-0.2, 0) is 26.1 Å². The monoisotopic (exact) mass is 495 g/mol. The maximum Gasteiger partial charge on any atom is 0.307 e. The van der Waals surface area contributed by atoms with E-state index < -0.39 is 21.9 Å². The summed E-state index contributed by atoms with van der Waals surface area (Å²) in [7, 11) is -2.60. The van der Waals surface area contributed by atoms with E-state index in [4.69, 9.17) is 9.88 Å². The van der Waals surface area contributed by atoms with Gasteiger partial charge in [-0.25, -0.2) is 13.6 Å². The van der Waals surface area contributed by atoms with Gasteiger partial charge < -0.3 is 9.30 Å². The second kappa shape index (κ2) is 9.72. The van der Waals surface area contributed by atoms with Crippen LogP contribution < -0.4 is 9.94 Å². The van der Waals surface area contributed by atoms with Gasteiger partial charge in [0.1, 0.15) is 0 Å². The molecule has 34 heavy (non-hydrogen) atoms. The fourth-order valence-corrected chi connectivity index (χ4v) is 5.13. The lowest BCUT2D eigenvalue weighted by Gasteiger charge is -2.05. The fraction of sp³-hybridized carbons (Fsp3) is 0.125. The molecule has 4 rings (SSSR count). The summed E-state index contributed by atoms with van der Waals surface area (Å²) < 4.78 is 30.5. The minimum Gasteiger partial charge on any atom is -0.469 e. The van der Waals surface area contributed by atoms with Crippen LogP contribution in [0.4, 0.5) is 0 Å². The number of amides is 1. The number of rotatable bonds is 6. The topological polar surface area (TPSA) is 121 Å². The van der Waals surface area contributed by atoms with Crippen molar-refractivity contribution in [1.82, 2.24) is 4.57 Å². The average molecular weight is 496 g/mol. The molecule has 0 saturated carbocycles. The van der Waals surface area contributed by atoms with Gasteiger partial charge in [0.05, 0.1) is 28.6 Å². The van der Waals surface area contributed by atoms with Gasteiger partial charge in [-0.05, 0) is 41.5 Å². The Kier molecular flexibility index (Phi) is 6.73. The minimum absolute atomic E-state index is 0.0456. The zero-order valence-corrected chi connectivity index (χ0v) is 19.8. The number of aryl methyl sites for hydroxylation is 1. The number of carbonyl (C=O) groups is 2. The molecule has 2 N–H and O–H groups in total. The first-order chi connectivity index (χ1) is 16.3. The predicted molar refractivity (Wildman–Crippen MR) is 130 cm³/mol. The van der Waals surface area contributed by atoms with Crippen molar-refractivity contribution in [3.05, 3.63) is 83.2 Å². The van der Waals surface area contributed by atoms with E-state index in [1.54, 1.807) is 22.8 Å². The Bertz CT molecular complexity index is 1540. The molecular weight excluding hydrogens is 474 g/mol. The van der Waals surface area contributed by atoms with Gasteiger partial charge in [0.2, 0.25) is 10.0 Å². The number of hydrogen-bond acceptors (Lipinski definition) is 6. The number of ether oxygens (including phenoxy) is 1. The molecule has 4 aromatic rings. The van der Waals surface area contributed by atoms with Crippen LogP contribution in [0.25, 0.3) is 21.3 Å². The number of nitrogens with two attached hydrogens (primary N) is 1. The molecule has 8 nitrogen and oxygen atoms in total. The fourth-order valence-electron chi connectivity index (χ4n) is 3.42. The number of esters is 1. The Hall–Kier alpha value is -3.60. The lowest BCUT2D eigenvalue weighted by molar-refractivity contribution is -0.140. The van der Waals surface area contributed by atoms with Crippen LogP contribution in [0.3, 0.4) is 0 Å². The smallest absolute Gasteiger partial charge is 0.307 e. The zero-order valence-electron chi connectivity index (χ0n) is 18.2. The zero-order chi connectivity index (χ0) is 24.3. The van der Waals surface area contributed by atoms with Crippen molar-refractivity contribution in [3.8, 4) is 11.1 Å². The summed E-state index contributed by atoms with van der Waals surface area (Å²) in [5.41, 5.74) is 3.05. The standard InChI is InChI=1S/C24H21N3O5S2/c1-32-22(28)13-14-27-20-12-11-19(34(25,30)31)15-21(20)33-24(27)26-23(29)18-9-7-17(8-10-18)16-5-3-2-4-6-16/h2-12,15H,13-14H2,1H3,(H2,25,30,31). The van der Waals surface area contributed by atoms with E-state index in [1.165, 1.54) is 19.2 Å². The Labute approximate surface area is 200 Å². The second-order valence-electron chi connectivity index (χ2n) is 7.40. The van der Waals surface area contributed by atoms with Crippen LogP contribution in [0, 0.1) is 0 Å². The summed E-state index contributed by atoms with van der Waals surface area (Å²) in [6.45, 7) is 0.209. The Morgan fingerprint density at radius 3 is 2.32 bits per heavy atom. The highest BCUT2D eigenvalue weighted by atomic mass is 32.2. The van der Waals surface area contributed by atoms with E-state index in [0.717, 1.165) is 22.5 Å². The number of methoxy groups -OCH3 is 1. The van der Waals surface area contributed by atoms with E-state index in [9.17, 15) is 18.0 Å². The van der Waals surface area contributed by atoms with E-state index in [-0.39, 0.29) is 17.9 Å². The number of hydrogen-bond donors (Lipinski definition) is 1. The normalized spacial score (nSPS) is 12.1. The maximum absolute atomic E-state index is 12.9. The van der Waals surface area contributed by atoms with Crippen LogP contribution >= 0.6 is 11.3 Å². The third-order valence-corrected chi connectivity index (χ3v) is 7.14. The quantitative estimate of drug-likeness (QED) is 0.411. The first-order valence-electron chi connectivity index (χ1n) is 10.2. The molecule has 1 heterocycles. The molecule has 1 amide bonds. The van der Waals surface area contributed by atoms with E-state index in [0.29, 0.717) is 20.6 Å². The minimum atomic E-state index is -3.89. The molecule has 0 aliphatic heterocycles. The van der Waals surface area contributed by atoms with E-state index in [1.807, 2.05) is 42.5 Å². The van der Waals surface area contributed by atoms with Gasteiger partial charge in [-0.1, -0.05) is 53.8 Å². The summed E-state index contributed by atoms with van der Waals surface area (Å²) in [4.78, 5) is 29.2. The Morgan fingerprint density at radius 2 is 1.68 bits per heavy atom. The van der Waals surface area contributed by atoms with Gasteiger partial charge in [0, 0.05) is 12.1 Å². The van der Waals surface area contributed by atoms with Crippen LogP contribution in [0.15, 0.2) is 82.7 Å². The van der Waals surface area contributed by atoms with Crippen LogP contribution in [0.2, 0.25) is 0 Å². The molecule has 3 aromatic carbocycles. The number of aromatic nitrogens is 1. The number of carbonyl (C=O) groups excluding carboxylic acids is 2. The first kappa shape index (κ1) is 23.6. The summed E-state index contributed by atoms with van der Waals surface area (Å²) in [5, 5.41) is 5.25. The maximum atomic E-state index is 12.9. The highest BCUT2D eigenvalue weighted by Gasteiger charge is 2.15. The summed E-state index contributed by atoms with van der Waals surface area (Å²) >= 11 is 1.14. The first-order valence-corrected chi connectivity index (χ1v) is 12.6. The molecule has 0 bridgehead atoms. The molecular formula is C24H21N3O5S2. The molecule has 0 aliphatic rings. The Balaban J connectivity index is 1.74. The van der Waals surface area contributed by atoms with Crippen molar-refractivity contribution < 1.29 is 22.7 Å². The molecule has 174 valence electrons. The highest BCUT2D eigenvalue weighted by Crippen LogP contribution is 2.22. The van der Waals surface area contributed by atoms with E-state index >= 15 is 0 Å². The number of thiazole rings is 1. The summed E-state index contributed by atoms with van der Waals surface area (Å²) in [6.07, 6.45) is 0.0619. The molecule has 0 unspecified atom stereocenters. The Morgan fingerprint density at radius 1 is 1.00 bits per heavy atom. The van der Waals surface area contributed by atoms with Crippen LogP contribution in [0.5, 0.6) is 0 Å². The third-order valence-electron chi connectivity index (χ3n) is 5.19. The highest BCUT2D eigenvalue weighted by molar-refractivity contribution is 7.89. The lowest BCUT2D eigenvalue weighted by atomic mass is 10.0. The van der Waals surface area contributed by atoms with Crippen LogP contribution in [-0.4, -0.2) is 32.0 Å². The third kappa shape index (κ3) is 5.14. The van der Waals surface area contributed by atoms with Crippen molar-refractivity contribution in [2.75, 3.05) is 7.11 Å².